The third-order valence-electron chi connectivity index (χ3n) is 5.12. The smallest absolute Gasteiger partial charge is 0.328 e. The van der Waals surface area contributed by atoms with Crippen LogP contribution in [0.4, 0.5) is 0 Å². The van der Waals surface area contributed by atoms with Gasteiger partial charge in [-0.1, -0.05) is 5.16 Å². The monoisotopic (exact) mass is 422 g/mol. The molecule has 6 rings (SSSR count). The van der Waals surface area contributed by atoms with Crippen LogP contribution in [0.5, 0.6) is 23.0 Å². The molecule has 11 heteroatoms. The van der Waals surface area contributed by atoms with Crippen LogP contribution < -0.4 is 30.2 Å². The van der Waals surface area contributed by atoms with Gasteiger partial charge < -0.3 is 28.5 Å². The average Bonchev–Trinajstić information content (AvgIpc) is 3.52. The van der Waals surface area contributed by atoms with Crippen LogP contribution in [-0.4, -0.2) is 33.3 Å². The molecule has 0 spiro atoms. The molecule has 4 aromatic rings. The number of benzene rings is 2. The van der Waals surface area contributed by atoms with Crippen molar-refractivity contribution in [1.82, 2.24) is 19.7 Å². The first-order valence-electron chi connectivity index (χ1n) is 9.45. The lowest BCUT2D eigenvalue weighted by Crippen LogP contribution is -2.35. The number of nitrogens with zero attached hydrogens (tertiary/aromatic N) is 3. The normalized spacial score (nSPS) is 13.8. The Morgan fingerprint density at radius 2 is 1.68 bits per heavy atom. The molecule has 0 saturated heterocycles. The Kier molecular flexibility index (Phi) is 3.75. The number of aromatic nitrogens is 4. The Morgan fingerprint density at radius 1 is 0.935 bits per heavy atom. The van der Waals surface area contributed by atoms with Gasteiger partial charge in [-0.25, -0.2) is 4.79 Å². The van der Waals surface area contributed by atoms with Crippen LogP contribution in [0.2, 0.25) is 0 Å². The van der Waals surface area contributed by atoms with Crippen molar-refractivity contribution in [3.63, 3.8) is 0 Å². The maximum Gasteiger partial charge on any atom is 0.328 e. The molecule has 2 aliphatic heterocycles. The lowest BCUT2D eigenvalue weighted by Gasteiger charge is -2.06. The summed E-state index contributed by atoms with van der Waals surface area (Å²) in [5, 5.41) is 4.30. The van der Waals surface area contributed by atoms with Gasteiger partial charge in [-0.05, 0) is 24.3 Å². The topological polar surface area (TPSA) is 131 Å². The van der Waals surface area contributed by atoms with Crippen molar-refractivity contribution in [2.24, 2.45) is 0 Å². The van der Waals surface area contributed by atoms with Crippen molar-refractivity contribution in [1.29, 1.82) is 0 Å². The van der Waals surface area contributed by atoms with E-state index < -0.39 is 11.2 Å². The maximum atomic E-state index is 12.9. The van der Waals surface area contributed by atoms with Crippen molar-refractivity contribution < 1.29 is 23.5 Å². The summed E-state index contributed by atoms with van der Waals surface area (Å²) >= 11 is 0. The molecular formula is C20H14N4O7. The number of H-pyrrole nitrogens is 1. The van der Waals surface area contributed by atoms with Crippen molar-refractivity contribution in [2.75, 3.05) is 13.6 Å². The van der Waals surface area contributed by atoms with Crippen molar-refractivity contribution in [2.45, 2.75) is 13.0 Å². The summed E-state index contributed by atoms with van der Waals surface area (Å²) in [7, 11) is 0. The fourth-order valence-corrected chi connectivity index (χ4v) is 3.56. The SMILES string of the molecule is O=c1[nH]c2cc3c(cc2c(=O)n1CCc1nc(-c2ccc4c(c2)OCO4)no1)OCO3. The Morgan fingerprint density at radius 3 is 2.52 bits per heavy atom. The summed E-state index contributed by atoms with van der Waals surface area (Å²) in [5.74, 6) is 2.89. The van der Waals surface area contributed by atoms with E-state index in [4.69, 9.17) is 23.5 Å². The van der Waals surface area contributed by atoms with Gasteiger partial charge >= 0.3 is 5.69 Å². The minimum Gasteiger partial charge on any atom is -0.454 e. The average molecular weight is 422 g/mol. The highest BCUT2D eigenvalue weighted by atomic mass is 16.7. The van der Waals surface area contributed by atoms with E-state index in [1.807, 2.05) is 0 Å². The molecule has 156 valence electrons. The molecule has 4 heterocycles. The van der Waals surface area contributed by atoms with E-state index in [1.165, 1.54) is 0 Å². The van der Waals surface area contributed by atoms with Crippen molar-refractivity contribution in [3.05, 3.63) is 57.1 Å². The first-order valence-corrected chi connectivity index (χ1v) is 9.45. The fraction of sp³-hybridized carbons (Fsp3) is 0.200. The van der Waals surface area contributed by atoms with E-state index in [-0.39, 0.29) is 26.6 Å². The first-order chi connectivity index (χ1) is 15.2. The fourth-order valence-electron chi connectivity index (χ4n) is 3.56. The standard InChI is InChI=1S/C20H14N4O7/c25-19-11-6-15-16(30-9-29-15)7-12(11)21-20(26)24(19)4-3-17-22-18(23-31-17)10-1-2-13-14(5-10)28-8-27-13/h1-2,5-7H,3-4,8-9H2,(H,21,26). The molecule has 0 fully saturated rings. The van der Waals surface area contributed by atoms with Gasteiger partial charge in [-0.3, -0.25) is 9.36 Å². The van der Waals surface area contributed by atoms with Gasteiger partial charge in [0.25, 0.3) is 5.56 Å². The zero-order valence-corrected chi connectivity index (χ0v) is 15.9. The molecule has 2 aliphatic rings. The highest BCUT2D eigenvalue weighted by Crippen LogP contribution is 2.35. The molecule has 1 N–H and O–H groups in total. The van der Waals surface area contributed by atoms with E-state index >= 15 is 0 Å². The molecule has 0 saturated carbocycles. The van der Waals surface area contributed by atoms with E-state index in [1.54, 1.807) is 30.3 Å². The number of nitrogens with one attached hydrogen (secondary N) is 1. The highest BCUT2D eigenvalue weighted by Gasteiger charge is 2.19. The third-order valence-corrected chi connectivity index (χ3v) is 5.12. The van der Waals surface area contributed by atoms with Gasteiger partial charge in [0.05, 0.1) is 10.9 Å². The molecule has 0 amide bonds. The van der Waals surface area contributed by atoms with E-state index in [0.717, 1.165) is 4.57 Å². The van der Waals surface area contributed by atoms with Crippen molar-refractivity contribution in [3.8, 4) is 34.4 Å². The van der Waals surface area contributed by atoms with Crippen LogP contribution in [0.25, 0.3) is 22.3 Å². The second-order valence-corrected chi connectivity index (χ2v) is 6.97. The molecule has 31 heavy (non-hydrogen) atoms. The predicted octanol–water partition coefficient (Wildman–Crippen LogP) is 1.44. The second kappa shape index (κ2) is 6.62. The van der Waals surface area contributed by atoms with E-state index in [9.17, 15) is 9.59 Å². The summed E-state index contributed by atoms with van der Waals surface area (Å²) in [6.07, 6.45) is 0.205. The molecule has 11 nitrogen and oxygen atoms in total. The summed E-state index contributed by atoms with van der Waals surface area (Å²) in [4.78, 5) is 32.4. The van der Waals surface area contributed by atoms with Gasteiger partial charge in [-0.15, -0.1) is 0 Å². The number of fused-ring (bicyclic) bond motifs is 3. The Labute approximate surface area is 172 Å². The lowest BCUT2D eigenvalue weighted by atomic mass is 10.2. The third kappa shape index (κ3) is 2.89. The largest absolute Gasteiger partial charge is 0.454 e. The number of ether oxygens (including phenoxy) is 4. The van der Waals surface area contributed by atoms with Gasteiger partial charge in [-0.2, -0.15) is 4.98 Å². The number of aromatic amines is 1. The highest BCUT2D eigenvalue weighted by molar-refractivity contribution is 5.81. The summed E-state index contributed by atoms with van der Waals surface area (Å²) < 4.78 is 27.6. The molecule has 0 atom stereocenters. The van der Waals surface area contributed by atoms with Gasteiger partial charge in [0.1, 0.15) is 0 Å². The molecule has 0 bridgehead atoms. The van der Waals surface area contributed by atoms with Crippen LogP contribution in [0.3, 0.4) is 0 Å². The van der Waals surface area contributed by atoms with Gasteiger partial charge in [0, 0.05) is 24.6 Å². The van der Waals surface area contributed by atoms with Gasteiger partial charge in [0.15, 0.2) is 23.0 Å². The number of hydrogen-bond acceptors (Lipinski definition) is 9. The molecule has 2 aromatic heterocycles. The van der Waals surface area contributed by atoms with Gasteiger partial charge in [0.2, 0.25) is 25.3 Å². The molecule has 0 aliphatic carbocycles. The molecule has 0 radical (unpaired) electrons. The predicted molar refractivity (Wildman–Crippen MR) is 105 cm³/mol. The molecular weight excluding hydrogens is 408 g/mol. The Bertz CT molecular complexity index is 1450. The number of hydrogen-bond donors (Lipinski definition) is 1. The minimum absolute atomic E-state index is 0.0708. The Hall–Kier alpha value is -4.28. The second-order valence-electron chi connectivity index (χ2n) is 6.97. The zero-order valence-electron chi connectivity index (χ0n) is 15.9. The van der Waals surface area contributed by atoms with Crippen LogP contribution in [0.15, 0.2) is 44.4 Å². The van der Waals surface area contributed by atoms with Crippen LogP contribution in [-0.2, 0) is 13.0 Å². The maximum absolute atomic E-state index is 12.9. The number of rotatable bonds is 4. The summed E-state index contributed by atoms with van der Waals surface area (Å²) in [6, 6.07) is 8.48. The zero-order chi connectivity index (χ0) is 20.9. The summed E-state index contributed by atoms with van der Waals surface area (Å²) in [5.41, 5.74) is 0.119. The Balaban J connectivity index is 1.27. The van der Waals surface area contributed by atoms with Crippen LogP contribution in [0.1, 0.15) is 5.89 Å². The molecule has 2 aromatic carbocycles. The first kappa shape index (κ1) is 17.6. The van der Waals surface area contributed by atoms with E-state index in [0.29, 0.717) is 51.2 Å². The minimum atomic E-state index is -0.535. The van der Waals surface area contributed by atoms with Crippen molar-refractivity contribution >= 4 is 10.9 Å². The molecule has 0 unspecified atom stereocenters. The van der Waals surface area contributed by atoms with E-state index in [2.05, 4.69) is 15.1 Å². The van der Waals surface area contributed by atoms with Crippen LogP contribution >= 0.6 is 0 Å². The quantitative estimate of drug-likeness (QED) is 0.519. The summed E-state index contributed by atoms with van der Waals surface area (Å²) in [6.45, 7) is 0.321. The van der Waals surface area contributed by atoms with Crippen LogP contribution in [0, 0.1) is 0 Å². The lowest BCUT2D eigenvalue weighted by molar-refractivity contribution is 0.173. The number of aryl methyl sites for hydroxylation is 1.